The molecule has 3 rings (SSSR count). The summed E-state index contributed by atoms with van der Waals surface area (Å²) in [4.78, 5) is 15.6. The number of carbonyl (C=O) groups is 1. The molecule has 4 N–H and O–H groups in total. The number of rotatable bonds is 7. The molecule has 146 valence electrons. The molecule has 0 radical (unpaired) electrons. The van der Waals surface area contributed by atoms with Crippen LogP contribution in [0.4, 0.5) is 0 Å². The number of amides is 1. The van der Waals surface area contributed by atoms with Crippen LogP contribution in [0.5, 0.6) is 0 Å². The Morgan fingerprint density at radius 3 is 2.67 bits per heavy atom. The number of hydrogen-bond acceptors (Lipinski definition) is 3. The van der Waals surface area contributed by atoms with Crippen molar-refractivity contribution in [3.63, 3.8) is 0 Å². The number of benzene rings is 1. The summed E-state index contributed by atoms with van der Waals surface area (Å²) in [5.74, 6) is 0.860. The molecular weight excluding hydrogens is 479 g/mol. The molecule has 6 nitrogen and oxygen atoms in total. The van der Waals surface area contributed by atoms with E-state index in [1.807, 2.05) is 25.1 Å². The van der Waals surface area contributed by atoms with Gasteiger partial charge in [-0.25, -0.2) is 4.99 Å². The van der Waals surface area contributed by atoms with E-state index in [4.69, 9.17) is 21.8 Å². The van der Waals surface area contributed by atoms with Gasteiger partial charge in [0, 0.05) is 23.5 Å². The normalized spacial score (nSPS) is 15.0. The molecule has 0 bridgehead atoms. The first-order chi connectivity index (χ1) is 12.5. The van der Waals surface area contributed by atoms with Gasteiger partial charge in [0.25, 0.3) is 5.91 Å². The Morgan fingerprint density at radius 2 is 2.07 bits per heavy atom. The SMILES string of the molecule is CCNC(=NCc1ccc(C(N)=O)o1)NCC1(c2cccc(Cl)c2)CC1.I. The van der Waals surface area contributed by atoms with E-state index in [9.17, 15) is 4.79 Å². The van der Waals surface area contributed by atoms with E-state index in [1.54, 1.807) is 12.1 Å². The lowest BCUT2D eigenvalue weighted by molar-refractivity contribution is 0.0972. The highest BCUT2D eigenvalue weighted by Gasteiger charge is 2.44. The summed E-state index contributed by atoms with van der Waals surface area (Å²) in [6, 6.07) is 11.3. The molecule has 0 atom stereocenters. The van der Waals surface area contributed by atoms with Gasteiger partial charge in [-0.15, -0.1) is 24.0 Å². The minimum absolute atomic E-state index is 0. The van der Waals surface area contributed by atoms with E-state index in [0.717, 1.165) is 31.0 Å². The lowest BCUT2D eigenvalue weighted by Crippen LogP contribution is -2.41. The topological polar surface area (TPSA) is 92.6 Å². The van der Waals surface area contributed by atoms with Gasteiger partial charge in [0.1, 0.15) is 12.3 Å². The van der Waals surface area contributed by atoms with E-state index in [1.165, 1.54) is 5.56 Å². The number of furan rings is 1. The van der Waals surface area contributed by atoms with Crippen molar-refractivity contribution in [2.24, 2.45) is 10.7 Å². The minimum Gasteiger partial charge on any atom is -0.454 e. The second kappa shape index (κ2) is 9.45. The summed E-state index contributed by atoms with van der Waals surface area (Å²) < 4.78 is 5.36. The van der Waals surface area contributed by atoms with Crippen LogP contribution >= 0.6 is 35.6 Å². The summed E-state index contributed by atoms with van der Waals surface area (Å²) in [6.07, 6.45) is 2.25. The predicted molar refractivity (Wildman–Crippen MR) is 118 cm³/mol. The van der Waals surface area contributed by atoms with Gasteiger partial charge in [-0.3, -0.25) is 4.79 Å². The number of aliphatic imine (C=N–C) groups is 1. The summed E-state index contributed by atoms with van der Waals surface area (Å²) in [7, 11) is 0. The Bertz CT molecular complexity index is 818. The maximum absolute atomic E-state index is 11.1. The second-order valence-electron chi connectivity index (χ2n) is 6.47. The van der Waals surface area contributed by atoms with E-state index in [0.29, 0.717) is 18.3 Å². The average Bonchev–Trinajstić information content (AvgIpc) is 3.26. The van der Waals surface area contributed by atoms with Crippen molar-refractivity contribution in [1.82, 2.24) is 10.6 Å². The summed E-state index contributed by atoms with van der Waals surface area (Å²) in [5, 5.41) is 7.39. The second-order valence-corrected chi connectivity index (χ2v) is 6.91. The molecule has 8 heteroatoms. The third kappa shape index (κ3) is 5.62. The Balaban J connectivity index is 0.00000261. The number of guanidine groups is 1. The van der Waals surface area contributed by atoms with Gasteiger partial charge in [-0.1, -0.05) is 23.7 Å². The van der Waals surface area contributed by atoms with Crippen molar-refractivity contribution >= 4 is 47.4 Å². The Morgan fingerprint density at radius 1 is 1.30 bits per heavy atom. The van der Waals surface area contributed by atoms with E-state index in [2.05, 4.69) is 21.7 Å². The fourth-order valence-corrected chi connectivity index (χ4v) is 3.07. The molecule has 0 saturated heterocycles. The highest BCUT2D eigenvalue weighted by Crippen LogP contribution is 2.48. The monoisotopic (exact) mass is 502 g/mol. The predicted octanol–water partition coefficient (Wildman–Crippen LogP) is 3.44. The quantitative estimate of drug-likeness (QED) is 0.307. The van der Waals surface area contributed by atoms with Crippen LogP contribution in [-0.2, 0) is 12.0 Å². The first kappa shape index (κ1) is 21.6. The van der Waals surface area contributed by atoms with Crippen LogP contribution in [-0.4, -0.2) is 25.0 Å². The Hall–Kier alpha value is -1.74. The summed E-state index contributed by atoms with van der Waals surface area (Å²) in [6.45, 7) is 3.87. The van der Waals surface area contributed by atoms with E-state index < -0.39 is 5.91 Å². The smallest absolute Gasteiger partial charge is 0.284 e. The molecule has 0 aliphatic heterocycles. The molecule has 1 fully saturated rings. The van der Waals surface area contributed by atoms with Crippen molar-refractivity contribution in [3.05, 3.63) is 58.5 Å². The third-order valence-electron chi connectivity index (χ3n) is 4.53. The van der Waals surface area contributed by atoms with Gasteiger partial charge >= 0.3 is 0 Å². The molecule has 1 aromatic heterocycles. The van der Waals surface area contributed by atoms with Crippen molar-refractivity contribution in [2.75, 3.05) is 13.1 Å². The number of nitrogens with two attached hydrogens (primary N) is 1. The Labute approximate surface area is 181 Å². The van der Waals surface area contributed by atoms with E-state index >= 15 is 0 Å². The van der Waals surface area contributed by atoms with Crippen LogP contribution in [0.15, 0.2) is 45.8 Å². The minimum atomic E-state index is -0.581. The zero-order valence-electron chi connectivity index (χ0n) is 15.1. The molecule has 1 aromatic carbocycles. The maximum atomic E-state index is 11.1. The van der Waals surface area contributed by atoms with Crippen LogP contribution in [0.3, 0.4) is 0 Å². The van der Waals surface area contributed by atoms with Gasteiger partial charge in [0.15, 0.2) is 11.7 Å². The van der Waals surface area contributed by atoms with Crippen molar-refractivity contribution < 1.29 is 9.21 Å². The fraction of sp³-hybridized carbons (Fsp3) is 0.368. The molecule has 1 aliphatic carbocycles. The summed E-state index contributed by atoms with van der Waals surface area (Å²) in [5.41, 5.74) is 6.57. The first-order valence-electron chi connectivity index (χ1n) is 8.69. The average molecular weight is 503 g/mol. The number of halogens is 2. The third-order valence-corrected chi connectivity index (χ3v) is 4.76. The highest BCUT2D eigenvalue weighted by atomic mass is 127. The molecule has 0 unspecified atom stereocenters. The van der Waals surface area contributed by atoms with Crippen LogP contribution in [0.2, 0.25) is 5.02 Å². The van der Waals surface area contributed by atoms with Gasteiger partial charge < -0.3 is 20.8 Å². The van der Waals surface area contributed by atoms with Crippen molar-refractivity contribution in [3.8, 4) is 0 Å². The molecule has 27 heavy (non-hydrogen) atoms. The standard InChI is InChI=1S/C19H23ClN4O2.HI/c1-2-22-18(23-11-15-6-7-16(26-15)17(21)25)24-12-19(8-9-19)13-4-3-5-14(20)10-13;/h3-7,10H,2,8-9,11-12H2,1H3,(H2,21,25)(H2,22,23,24);1H. The lowest BCUT2D eigenvalue weighted by Gasteiger charge is -2.19. The number of primary amides is 1. The number of carbonyl (C=O) groups excluding carboxylic acids is 1. The Kier molecular flexibility index (Phi) is 7.55. The van der Waals surface area contributed by atoms with Crippen molar-refractivity contribution in [1.29, 1.82) is 0 Å². The van der Waals surface area contributed by atoms with Gasteiger partial charge in [-0.05, 0) is 49.6 Å². The van der Waals surface area contributed by atoms with Crippen LogP contribution in [0.1, 0.15) is 41.6 Å². The fourth-order valence-electron chi connectivity index (χ4n) is 2.88. The van der Waals surface area contributed by atoms with Gasteiger partial charge in [0.05, 0.1) is 0 Å². The zero-order chi connectivity index (χ0) is 18.6. The largest absolute Gasteiger partial charge is 0.454 e. The highest BCUT2D eigenvalue weighted by molar-refractivity contribution is 14.0. The van der Waals surface area contributed by atoms with E-state index in [-0.39, 0.29) is 35.2 Å². The molecular formula is C19H24ClIN4O2. The zero-order valence-corrected chi connectivity index (χ0v) is 18.2. The number of nitrogens with one attached hydrogen (secondary N) is 2. The molecule has 1 saturated carbocycles. The van der Waals surface area contributed by atoms with Crippen molar-refractivity contribution in [2.45, 2.75) is 31.7 Å². The molecule has 0 spiro atoms. The summed E-state index contributed by atoms with van der Waals surface area (Å²) >= 11 is 6.13. The van der Waals surface area contributed by atoms with Crippen LogP contribution < -0.4 is 16.4 Å². The van der Waals surface area contributed by atoms with Crippen LogP contribution in [0, 0.1) is 0 Å². The van der Waals surface area contributed by atoms with Gasteiger partial charge in [0.2, 0.25) is 0 Å². The van der Waals surface area contributed by atoms with Crippen LogP contribution in [0.25, 0.3) is 0 Å². The number of nitrogens with zero attached hydrogens (tertiary/aromatic N) is 1. The lowest BCUT2D eigenvalue weighted by atomic mass is 9.96. The molecule has 1 heterocycles. The molecule has 2 aromatic rings. The first-order valence-corrected chi connectivity index (χ1v) is 9.07. The van der Waals surface area contributed by atoms with Gasteiger partial charge in [-0.2, -0.15) is 0 Å². The molecule has 1 amide bonds. The maximum Gasteiger partial charge on any atom is 0.284 e. The molecule has 1 aliphatic rings. The number of hydrogen-bond donors (Lipinski definition) is 3.